The largest absolute Gasteiger partial charge is 0.377 e. The molecule has 1 aliphatic rings. The maximum absolute atomic E-state index is 10.7. The van der Waals surface area contributed by atoms with E-state index in [-0.39, 0.29) is 6.61 Å². The third-order valence-electron chi connectivity index (χ3n) is 1.59. The van der Waals surface area contributed by atoms with Crippen molar-refractivity contribution in [2.24, 2.45) is 5.73 Å². The van der Waals surface area contributed by atoms with Crippen LogP contribution in [0.25, 0.3) is 0 Å². The number of nitrogens with zero attached hydrogens (tertiary/aromatic N) is 2. The average molecular weight is 155 g/mol. The molecule has 5 nitrogen and oxygen atoms in total. The monoisotopic (exact) mass is 155 g/mol. The van der Waals surface area contributed by atoms with Gasteiger partial charge in [-0.25, -0.2) is 0 Å². The third kappa shape index (κ3) is 1.59. The van der Waals surface area contributed by atoms with Crippen molar-refractivity contribution in [3.05, 3.63) is 0 Å². The standard InChI is InChI=1S/C6H9N3O2/c7-4-9-1-2-11-3-5(9)6(8)10/h5H,1-3H2,(H2,8,10). The van der Waals surface area contributed by atoms with Gasteiger partial charge in [0.1, 0.15) is 6.04 Å². The first kappa shape index (κ1) is 7.82. The highest BCUT2D eigenvalue weighted by Crippen LogP contribution is 2.03. The van der Waals surface area contributed by atoms with Crippen LogP contribution in [0.3, 0.4) is 0 Å². The molecule has 1 atom stereocenters. The lowest BCUT2D eigenvalue weighted by molar-refractivity contribution is -0.126. The maximum atomic E-state index is 10.7. The van der Waals surface area contributed by atoms with Crippen LogP contribution in [0.2, 0.25) is 0 Å². The number of carbonyl (C=O) groups excluding carboxylic acids is 1. The number of carbonyl (C=O) groups is 1. The Hall–Kier alpha value is -1.28. The molecule has 1 amide bonds. The topological polar surface area (TPSA) is 79.3 Å². The van der Waals surface area contributed by atoms with Gasteiger partial charge in [0, 0.05) is 0 Å². The lowest BCUT2D eigenvalue weighted by atomic mass is 10.2. The van der Waals surface area contributed by atoms with Crippen molar-refractivity contribution in [2.75, 3.05) is 19.8 Å². The summed E-state index contributed by atoms with van der Waals surface area (Å²) < 4.78 is 4.98. The first-order valence-electron chi connectivity index (χ1n) is 3.29. The molecule has 0 spiro atoms. The van der Waals surface area contributed by atoms with Crippen molar-refractivity contribution in [1.29, 1.82) is 5.26 Å². The molecular weight excluding hydrogens is 146 g/mol. The van der Waals surface area contributed by atoms with Crippen LogP contribution in [-0.4, -0.2) is 36.6 Å². The van der Waals surface area contributed by atoms with Gasteiger partial charge in [0.25, 0.3) is 0 Å². The third-order valence-corrected chi connectivity index (χ3v) is 1.59. The van der Waals surface area contributed by atoms with Crippen molar-refractivity contribution >= 4 is 5.91 Å². The molecular formula is C6H9N3O2. The van der Waals surface area contributed by atoms with E-state index in [2.05, 4.69) is 0 Å². The molecule has 1 unspecified atom stereocenters. The molecule has 0 saturated carbocycles. The molecule has 1 heterocycles. The van der Waals surface area contributed by atoms with Gasteiger partial charge in [-0.05, 0) is 0 Å². The molecule has 0 aromatic carbocycles. The smallest absolute Gasteiger partial charge is 0.243 e. The van der Waals surface area contributed by atoms with Gasteiger partial charge >= 0.3 is 0 Å². The van der Waals surface area contributed by atoms with E-state index in [9.17, 15) is 4.79 Å². The Bertz CT molecular complexity index is 198. The van der Waals surface area contributed by atoms with Crippen molar-refractivity contribution in [1.82, 2.24) is 4.90 Å². The summed E-state index contributed by atoms with van der Waals surface area (Å²) in [7, 11) is 0. The fraction of sp³-hybridized carbons (Fsp3) is 0.667. The molecule has 0 radical (unpaired) electrons. The van der Waals surface area contributed by atoms with E-state index in [0.29, 0.717) is 13.2 Å². The Kier molecular flexibility index (Phi) is 2.28. The zero-order valence-electron chi connectivity index (χ0n) is 5.99. The second-order valence-electron chi connectivity index (χ2n) is 2.29. The van der Waals surface area contributed by atoms with Gasteiger partial charge in [0.2, 0.25) is 5.91 Å². The average Bonchev–Trinajstić information content (AvgIpc) is 2.04. The molecule has 5 heteroatoms. The number of primary amides is 1. The van der Waals surface area contributed by atoms with Gasteiger partial charge in [-0.1, -0.05) is 0 Å². The number of nitrogens with two attached hydrogens (primary N) is 1. The van der Waals surface area contributed by atoms with E-state index >= 15 is 0 Å². The Morgan fingerprint density at radius 1 is 1.82 bits per heavy atom. The second-order valence-corrected chi connectivity index (χ2v) is 2.29. The minimum atomic E-state index is -0.575. The summed E-state index contributed by atoms with van der Waals surface area (Å²) in [6.07, 6.45) is 1.89. The van der Waals surface area contributed by atoms with Gasteiger partial charge in [-0.3, -0.25) is 9.69 Å². The summed E-state index contributed by atoms with van der Waals surface area (Å²) in [5, 5.41) is 8.52. The van der Waals surface area contributed by atoms with Crippen LogP contribution in [0.15, 0.2) is 0 Å². The molecule has 11 heavy (non-hydrogen) atoms. The first-order chi connectivity index (χ1) is 5.25. The summed E-state index contributed by atoms with van der Waals surface area (Å²) in [5.74, 6) is -0.508. The van der Waals surface area contributed by atoms with Crippen LogP contribution in [0.4, 0.5) is 0 Å². The zero-order chi connectivity index (χ0) is 8.27. The van der Waals surface area contributed by atoms with Crippen molar-refractivity contribution in [2.45, 2.75) is 6.04 Å². The minimum absolute atomic E-state index is 0.225. The fourth-order valence-electron chi connectivity index (χ4n) is 0.959. The van der Waals surface area contributed by atoms with Crippen molar-refractivity contribution in [3.63, 3.8) is 0 Å². The number of nitriles is 1. The Labute approximate surface area is 64.3 Å². The summed E-state index contributed by atoms with van der Waals surface area (Å²) >= 11 is 0. The zero-order valence-corrected chi connectivity index (χ0v) is 5.99. The molecule has 60 valence electrons. The Morgan fingerprint density at radius 3 is 3.00 bits per heavy atom. The van der Waals surface area contributed by atoms with Gasteiger partial charge in [0.15, 0.2) is 6.19 Å². The highest BCUT2D eigenvalue weighted by atomic mass is 16.5. The second kappa shape index (κ2) is 3.21. The van der Waals surface area contributed by atoms with E-state index in [1.54, 1.807) is 0 Å². The van der Waals surface area contributed by atoms with Gasteiger partial charge in [-0.2, -0.15) is 5.26 Å². The number of ether oxygens (including phenoxy) is 1. The Morgan fingerprint density at radius 2 is 2.55 bits per heavy atom. The van der Waals surface area contributed by atoms with Gasteiger partial charge in [-0.15, -0.1) is 0 Å². The molecule has 0 aliphatic carbocycles. The number of hydrogen-bond acceptors (Lipinski definition) is 4. The highest BCUT2D eigenvalue weighted by molar-refractivity contribution is 5.80. The molecule has 1 aliphatic heterocycles. The van der Waals surface area contributed by atoms with Crippen molar-refractivity contribution < 1.29 is 9.53 Å². The van der Waals surface area contributed by atoms with E-state index in [1.807, 2.05) is 6.19 Å². The minimum Gasteiger partial charge on any atom is -0.377 e. The SMILES string of the molecule is N#CN1CCOCC1C(N)=O. The van der Waals surface area contributed by atoms with E-state index in [0.717, 1.165) is 0 Å². The Balaban J connectivity index is 2.60. The highest BCUT2D eigenvalue weighted by Gasteiger charge is 2.26. The van der Waals surface area contributed by atoms with Gasteiger partial charge < -0.3 is 10.5 Å². The number of morpholine rings is 1. The molecule has 1 fully saturated rings. The predicted molar refractivity (Wildman–Crippen MR) is 36.1 cm³/mol. The number of rotatable bonds is 1. The molecule has 0 aromatic rings. The summed E-state index contributed by atoms with van der Waals surface area (Å²) in [6.45, 7) is 1.16. The van der Waals surface area contributed by atoms with E-state index in [4.69, 9.17) is 15.7 Å². The summed E-state index contributed by atoms with van der Waals surface area (Å²) in [5.41, 5.74) is 5.02. The van der Waals surface area contributed by atoms with Gasteiger partial charge in [0.05, 0.1) is 19.8 Å². The molecule has 1 rings (SSSR count). The van der Waals surface area contributed by atoms with Crippen molar-refractivity contribution in [3.8, 4) is 6.19 Å². The van der Waals surface area contributed by atoms with Crippen LogP contribution >= 0.6 is 0 Å². The maximum Gasteiger partial charge on any atom is 0.243 e. The number of hydrogen-bond donors (Lipinski definition) is 1. The van der Waals surface area contributed by atoms with E-state index < -0.39 is 11.9 Å². The predicted octanol–water partition coefficient (Wildman–Crippen LogP) is -1.35. The van der Waals surface area contributed by atoms with Crippen LogP contribution in [0.5, 0.6) is 0 Å². The normalized spacial score (nSPS) is 24.3. The summed E-state index contributed by atoms with van der Waals surface area (Å²) in [6, 6.07) is -0.575. The molecule has 0 aromatic heterocycles. The lowest BCUT2D eigenvalue weighted by Crippen LogP contribution is -2.50. The van der Waals surface area contributed by atoms with Crippen LogP contribution in [0.1, 0.15) is 0 Å². The van der Waals surface area contributed by atoms with Crippen LogP contribution in [-0.2, 0) is 9.53 Å². The number of amides is 1. The lowest BCUT2D eigenvalue weighted by Gasteiger charge is -2.28. The summed E-state index contributed by atoms with van der Waals surface area (Å²) in [4.78, 5) is 12.0. The molecule has 0 bridgehead atoms. The van der Waals surface area contributed by atoms with Crippen LogP contribution < -0.4 is 5.73 Å². The molecule has 2 N–H and O–H groups in total. The molecule has 1 saturated heterocycles. The quantitative estimate of drug-likeness (QED) is 0.475. The van der Waals surface area contributed by atoms with E-state index in [1.165, 1.54) is 4.90 Å². The fourth-order valence-corrected chi connectivity index (χ4v) is 0.959. The van der Waals surface area contributed by atoms with Crippen LogP contribution in [0, 0.1) is 11.5 Å². The first-order valence-corrected chi connectivity index (χ1v) is 3.29.